The highest BCUT2D eigenvalue weighted by molar-refractivity contribution is 6.11. The molecule has 0 spiro atoms. The van der Waals surface area contributed by atoms with Crippen LogP contribution in [0.3, 0.4) is 0 Å². The monoisotopic (exact) mass is 280 g/mol. The number of Topliss-reactive ketones (excluding diaryl/α,β-unsaturated/α-hetero) is 1. The van der Waals surface area contributed by atoms with E-state index < -0.39 is 17.5 Å². The highest BCUT2D eigenvalue weighted by atomic mass is 19.4. The summed E-state index contributed by atoms with van der Waals surface area (Å²) in [6, 6.07) is 5.71. The first-order valence-corrected chi connectivity index (χ1v) is 6.02. The standard InChI is InChI=1S/C14H11F3N2O/c15-14(16,17)10-5-3-9(4-6-10)13(20)11(8-18)12-2-1-7-19-12/h3-6,19H,1-2,7H2. The quantitative estimate of drug-likeness (QED) is 0.514. The molecule has 3 nitrogen and oxygen atoms in total. The van der Waals surface area contributed by atoms with E-state index in [1.165, 1.54) is 0 Å². The van der Waals surface area contributed by atoms with Gasteiger partial charge in [-0.25, -0.2) is 0 Å². The van der Waals surface area contributed by atoms with E-state index in [9.17, 15) is 18.0 Å². The molecule has 1 fully saturated rings. The molecule has 104 valence electrons. The molecule has 0 radical (unpaired) electrons. The molecule has 1 aromatic rings. The van der Waals surface area contributed by atoms with Crippen LogP contribution in [0.2, 0.25) is 0 Å². The lowest BCUT2D eigenvalue weighted by atomic mass is 10.0. The van der Waals surface area contributed by atoms with Crippen LogP contribution in [0.25, 0.3) is 0 Å². The SMILES string of the molecule is N#CC(C(=O)c1ccc(C(F)(F)F)cc1)=C1CCCN1. The molecule has 0 unspecified atom stereocenters. The number of nitrogens with zero attached hydrogens (tertiary/aromatic N) is 1. The summed E-state index contributed by atoms with van der Waals surface area (Å²) in [5.74, 6) is -0.550. The number of carbonyl (C=O) groups excluding carboxylic acids is 1. The molecule has 20 heavy (non-hydrogen) atoms. The lowest BCUT2D eigenvalue weighted by Crippen LogP contribution is -2.13. The summed E-state index contributed by atoms with van der Waals surface area (Å²) >= 11 is 0. The van der Waals surface area contributed by atoms with Gasteiger partial charge in [0.2, 0.25) is 5.78 Å². The Balaban J connectivity index is 2.30. The van der Waals surface area contributed by atoms with Gasteiger partial charge in [0.05, 0.1) is 5.56 Å². The van der Waals surface area contributed by atoms with Crippen LogP contribution < -0.4 is 5.32 Å². The van der Waals surface area contributed by atoms with E-state index in [1.807, 2.05) is 6.07 Å². The van der Waals surface area contributed by atoms with Gasteiger partial charge in [0, 0.05) is 17.8 Å². The maximum Gasteiger partial charge on any atom is 0.416 e. The molecule has 1 heterocycles. The average molecular weight is 280 g/mol. The van der Waals surface area contributed by atoms with Crippen LogP contribution in [-0.2, 0) is 6.18 Å². The number of benzene rings is 1. The van der Waals surface area contributed by atoms with Gasteiger partial charge < -0.3 is 5.32 Å². The lowest BCUT2D eigenvalue weighted by molar-refractivity contribution is -0.137. The fourth-order valence-electron chi connectivity index (χ4n) is 2.02. The number of carbonyl (C=O) groups is 1. The number of allylic oxidation sites excluding steroid dienone is 2. The fraction of sp³-hybridized carbons (Fsp3) is 0.286. The minimum atomic E-state index is -4.44. The smallest absolute Gasteiger partial charge is 0.387 e. The van der Waals surface area contributed by atoms with Crippen molar-refractivity contribution in [3.63, 3.8) is 0 Å². The number of rotatable bonds is 2. The van der Waals surface area contributed by atoms with Crippen molar-refractivity contribution in [3.05, 3.63) is 46.7 Å². The number of alkyl halides is 3. The maximum atomic E-state index is 12.4. The van der Waals surface area contributed by atoms with Gasteiger partial charge in [-0.05, 0) is 25.0 Å². The van der Waals surface area contributed by atoms with Gasteiger partial charge in [-0.1, -0.05) is 12.1 Å². The van der Waals surface area contributed by atoms with Gasteiger partial charge in [-0.2, -0.15) is 18.4 Å². The topological polar surface area (TPSA) is 52.9 Å². The van der Waals surface area contributed by atoms with E-state index in [2.05, 4.69) is 5.32 Å². The minimum absolute atomic E-state index is 0.0257. The zero-order valence-corrected chi connectivity index (χ0v) is 10.4. The summed E-state index contributed by atoms with van der Waals surface area (Å²) in [4.78, 5) is 12.1. The van der Waals surface area contributed by atoms with E-state index in [1.54, 1.807) is 0 Å². The van der Waals surface area contributed by atoms with Crippen LogP contribution in [-0.4, -0.2) is 12.3 Å². The van der Waals surface area contributed by atoms with Crippen molar-refractivity contribution in [2.45, 2.75) is 19.0 Å². The third kappa shape index (κ3) is 2.82. The zero-order valence-electron chi connectivity index (χ0n) is 10.4. The molecule has 1 saturated heterocycles. The van der Waals surface area contributed by atoms with Crippen LogP contribution in [0.15, 0.2) is 35.5 Å². The molecule has 1 N–H and O–H groups in total. The number of nitriles is 1. The van der Waals surface area contributed by atoms with Gasteiger partial charge in [0.15, 0.2) is 0 Å². The van der Waals surface area contributed by atoms with E-state index in [0.29, 0.717) is 18.7 Å². The van der Waals surface area contributed by atoms with E-state index in [0.717, 1.165) is 30.7 Å². The second-order valence-electron chi connectivity index (χ2n) is 4.40. The second kappa shape index (κ2) is 5.37. The predicted octanol–water partition coefficient (Wildman–Crippen LogP) is 3.05. The van der Waals surface area contributed by atoms with Gasteiger partial charge in [-0.3, -0.25) is 4.79 Å². The summed E-state index contributed by atoms with van der Waals surface area (Å²) in [7, 11) is 0. The largest absolute Gasteiger partial charge is 0.416 e. The molecule has 0 saturated carbocycles. The van der Waals surface area contributed by atoms with E-state index >= 15 is 0 Å². The molecule has 1 aromatic carbocycles. The normalized spacial score (nSPS) is 17.3. The fourth-order valence-corrected chi connectivity index (χ4v) is 2.02. The zero-order chi connectivity index (χ0) is 14.8. The predicted molar refractivity (Wildman–Crippen MR) is 65.7 cm³/mol. The molecule has 0 amide bonds. The number of hydrogen-bond acceptors (Lipinski definition) is 3. The third-order valence-electron chi connectivity index (χ3n) is 3.06. The molecule has 0 bridgehead atoms. The first kappa shape index (κ1) is 14.1. The maximum absolute atomic E-state index is 12.4. The van der Waals surface area contributed by atoms with Crippen molar-refractivity contribution in [3.8, 4) is 6.07 Å². The molecule has 0 aromatic heterocycles. The first-order valence-electron chi connectivity index (χ1n) is 6.02. The molecule has 1 aliphatic rings. The molecule has 2 rings (SSSR count). The van der Waals surface area contributed by atoms with E-state index in [4.69, 9.17) is 5.26 Å². The molecule has 6 heteroatoms. The average Bonchev–Trinajstić information content (AvgIpc) is 2.92. The summed E-state index contributed by atoms with van der Waals surface area (Å²) in [6.07, 6.45) is -3.00. The van der Waals surface area contributed by atoms with Crippen LogP contribution in [0.4, 0.5) is 13.2 Å². The van der Waals surface area contributed by atoms with Crippen LogP contribution in [0.1, 0.15) is 28.8 Å². The summed E-state index contributed by atoms with van der Waals surface area (Å²) in [6.45, 7) is 0.695. The van der Waals surface area contributed by atoms with Crippen LogP contribution in [0, 0.1) is 11.3 Å². The Morgan fingerprint density at radius 1 is 1.25 bits per heavy atom. The van der Waals surface area contributed by atoms with Crippen molar-refractivity contribution >= 4 is 5.78 Å². The highest BCUT2D eigenvalue weighted by Crippen LogP contribution is 2.29. The Labute approximate surface area is 113 Å². The number of ketones is 1. The number of nitrogens with one attached hydrogen (secondary N) is 1. The molecular weight excluding hydrogens is 269 g/mol. The summed E-state index contributed by atoms with van der Waals surface area (Å²) in [5, 5.41) is 12.0. The molecule has 1 aliphatic heterocycles. The molecular formula is C14H11F3N2O. The van der Waals surface area contributed by atoms with Crippen molar-refractivity contribution in [2.75, 3.05) is 6.54 Å². The third-order valence-corrected chi connectivity index (χ3v) is 3.06. The Bertz CT molecular complexity index is 586. The van der Waals surface area contributed by atoms with Crippen LogP contribution >= 0.6 is 0 Å². The summed E-state index contributed by atoms with van der Waals surface area (Å²) in [5.41, 5.74) is -0.199. The van der Waals surface area contributed by atoms with Crippen molar-refractivity contribution < 1.29 is 18.0 Å². The minimum Gasteiger partial charge on any atom is -0.387 e. The van der Waals surface area contributed by atoms with Crippen molar-refractivity contribution in [1.29, 1.82) is 5.26 Å². The number of halogens is 3. The Kier molecular flexibility index (Phi) is 3.79. The second-order valence-corrected chi connectivity index (χ2v) is 4.40. The summed E-state index contributed by atoms with van der Waals surface area (Å²) < 4.78 is 37.3. The van der Waals surface area contributed by atoms with Gasteiger partial charge in [-0.15, -0.1) is 0 Å². The van der Waals surface area contributed by atoms with Crippen molar-refractivity contribution in [1.82, 2.24) is 5.32 Å². The number of hydrogen-bond donors (Lipinski definition) is 1. The van der Waals surface area contributed by atoms with E-state index in [-0.39, 0.29) is 11.1 Å². The lowest BCUT2D eigenvalue weighted by Gasteiger charge is -2.08. The molecule has 0 aliphatic carbocycles. The Morgan fingerprint density at radius 2 is 1.90 bits per heavy atom. The molecule has 0 atom stereocenters. The highest BCUT2D eigenvalue weighted by Gasteiger charge is 2.30. The van der Waals surface area contributed by atoms with Gasteiger partial charge in [0.25, 0.3) is 0 Å². The first-order chi connectivity index (χ1) is 9.43. The van der Waals surface area contributed by atoms with Gasteiger partial charge >= 0.3 is 6.18 Å². The van der Waals surface area contributed by atoms with Crippen LogP contribution in [0.5, 0.6) is 0 Å². The van der Waals surface area contributed by atoms with Gasteiger partial charge in [0.1, 0.15) is 11.6 Å². The Morgan fingerprint density at radius 3 is 2.35 bits per heavy atom. The Hall–Kier alpha value is -2.29. The van der Waals surface area contributed by atoms with Crippen molar-refractivity contribution in [2.24, 2.45) is 0 Å².